The molecule has 0 aromatic rings. The van der Waals surface area contributed by atoms with E-state index in [0.717, 1.165) is 6.42 Å². The molecule has 0 atom stereocenters. The van der Waals surface area contributed by atoms with Crippen LogP contribution in [0.1, 0.15) is 91.4 Å². The first-order valence-corrected chi connectivity index (χ1v) is 9.15. The predicted molar refractivity (Wildman–Crippen MR) is 98.1 cm³/mol. The van der Waals surface area contributed by atoms with E-state index in [4.69, 9.17) is 0 Å². The molecule has 0 fully saturated rings. The molecule has 0 aliphatic heterocycles. The number of hydrogen-bond donors (Lipinski definition) is 0. The molecule has 0 radical (unpaired) electrons. The highest BCUT2D eigenvalue weighted by molar-refractivity contribution is 5.71. The lowest BCUT2D eigenvalue weighted by Crippen LogP contribution is -2.04. The molecule has 0 aromatic heterocycles. The predicted octanol–water partition coefficient (Wildman–Crippen LogP) is 7.09. The molecule has 0 saturated heterocycles. The third-order valence-electron chi connectivity index (χ3n) is 3.97. The number of unbranched alkanes of at least 4 members (excludes halogenated alkanes) is 6. The van der Waals surface area contributed by atoms with E-state index in [2.05, 4.69) is 38.4 Å². The Bertz CT molecular complexity index is 276. The Morgan fingerprint density at radius 3 is 1.90 bits per heavy atom. The van der Waals surface area contributed by atoms with Gasteiger partial charge in [-0.1, -0.05) is 90.9 Å². The van der Waals surface area contributed by atoms with Gasteiger partial charge in [0.2, 0.25) is 0 Å². The average molecular weight is 292 g/mol. The summed E-state index contributed by atoms with van der Waals surface area (Å²) in [4.78, 5) is 4.65. The molecule has 0 bridgehead atoms. The van der Waals surface area contributed by atoms with Gasteiger partial charge in [-0.2, -0.15) is 0 Å². The van der Waals surface area contributed by atoms with E-state index in [1.165, 1.54) is 69.9 Å². The summed E-state index contributed by atoms with van der Waals surface area (Å²) in [6.45, 7) is 10.5. The van der Waals surface area contributed by atoms with E-state index < -0.39 is 0 Å². The molecule has 0 aromatic carbocycles. The van der Waals surface area contributed by atoms with Gasteiger partial charge < -0.3 is 0 Å². The fraction of sp³-hybridized carbons (Fsp3) is 0.750. The topological polar surface area (TPSA) is 12.4 Å². The Hall–Kier alpha value is -0.850. The molecule has 0 N–H and O–H groups in total. The van der Waals surface area contributed by atoms with Gasteiger partial charge in [-0.15, -0.1) is 0 Å². The fourth-order valence-electron chi connectivity index (χ4n) is 2.75. The summed E-state index contributed by atoms with van der Waals surface area (Å²) in [5, 5.41) is 0. The Kier molecular flexibility index (Phi) is 14.9. The van der Waals surface area contributed by atoms with Crippen LogP contribution in [0.25, 0.3) is 0 Å². The first-order chi connectivity index (χ1) is 10.3. The minimum absolute atomic E-state index is 0.648. The fourth-order valence-corrected chi connectivity index (χ4v) is 2.75. The highest BCUT2D eigenvalue weighted by Gasteiger charge is 2.13. The third-order valence-corrected chi connectivity index (χ3v) is 3.97. The summed E-state index contributed by atoms with van der Waals surface area (Å²) in [7, 11) is 0. The largest absolute Gasteiger partial charge is 0.261 e. The summed E-state index contributed by atoms with van der Waals surface area (Å²) in [6, 6.07) is 0. The molecule has 0 spiro atoms. The Balaban J connectivity index is 4.52. The highest BCUT2D eigenvalue weighted by atomic mass is 14.7. The number of aliphatic imine (C=N–C) groups is 1. The quantitative estimate of drug-likeness (QED) is 0.239. The molecular formula is C20H37N. The smallest absolute Gasteiger partial charge is 0.0394 e. The number of allylic oxidation sites excluding steroid dienone is 3. The second-order valence-corrected chi connectivity index (χ2v) is 5.95. The second-order valence-electron chi connectivity index (χ2n) is 5.95. The summed E-state index contributed by atoms with van der Waals surface area (Å²) < 4.78 is 0. The van der Waals surface area contributed by atoms with Crippen molar-refractivity contribution in [3.05, 3.63) is 24.4 Å². The van der Waals surface area contributed by atoms with Gasteiger partial charge >= 0.3 is 0 Å². The molecule has 0 rings (SSSR count). The van der Waals surface area contributed by atoms with Crippen LogP contribution in [0.2, 0.25) is 0 Å². The normalized spacial score (nSPS) is 12.5. The lowest BCUT2D eigenvalue weighted by atomic mass is 9.91. The molecule has 1 heteroatoms. The van der Waals surface area contributed by atoms with Crippen molar-refractivity contribution in [3.8, 4) is 0 Å². The van der Waals surface area contributed by atoms with E-state index in [-0.39, 0.29) is 0 Å². The summed E-state index contributed by atoms with van der Waals surface area (Å²) in [5.74, 6) is 0.648. The Labute approximate surface area is 133 Å². The number of nitrogens with zero attached hydrogens (tertiary/aromatic N) is 1. The molecule has 0 amide bonds. The maximum absolute atomic E-state index is 4.65. The SMILES string of the molecule is C=C/C=N\C(=C/CC)C(CCCCCC)CCCCCC. The van der Waals surface area contributed by atoms with E-state index in [1.54, 1.807) is 6.08 Å². The summed E-state index contributed by atoms with van der Waals surface area (Å²) in [5.41, 5.74) is 1.30. The lowest BCUT2D eigenvalue weighted by molar-refractivity contribution is 0.451. The number of hydrogen-bond acceptors (Lipinski definition) is 1. The minimum atomic E-state index is 0.648. The van der Waals surface area contributed by atoms with Crippen molar-refractivity contribution in [2.24, 2.45) is 10.9 Å². The highest BCUT2D eigenvalue weighted by Crippen LogP contribution is 2.26. The van der Waals surface area contributed by atoms with Crippen LogP contribution in [0.15, 0.2) is 29.4 Å². The van der Waals surface area contributed by atoms with Crippen molar-refractivity contribution >= 4 is 6.21 Å². The van der Waals surface area contributed by atoms with E-state index >= 15 is 0 Å². The van der Waals surface area contributed by atoms with Crippen molar-refractivity contribution in [1.82, 2.24) is 0 Å². The van der Waals surface area contributed by atoms with Gasteiger partial charge in [0.25, 0.3) is 0 Å². The maximum Gasteiger partial charge on any atom is 0.0394 e. The van der Waals surface area contributed by atoms with Gasteiger partial charge in [-0.25, -0.2) is 0 Å². The molecule has 0 aliphatic rings. The van der Waals surface area contributed by atoms with Gasteiger partial charge in [0.1, 0.15) is 0 Å². The van der Waals surface area contributed by atoms with Crippen LogP contribution in [0.5, 0.6) is 0 Å². The van der Waals surface area contributed by atoms with Crippen LogP contribution in [-0.2, 0) is 0 Å². The molecule has 0 unspecified atom stereocenters. The van der Waals surface area contributed by atoms with E-state index in [0.29, 0.717) is 5.92 Å². The first-order valence-electron chi connectivity index (χ1n) is 9.15. The van der Waals surface area contributed by atoms with Crippen molar-refractivity contribution in [2.75, 3.05) is 0 Å². The van der Waals surface area contributed by atoms with Gasteiger partial charge in [-0.3, -0.25) is 4.99 Å². The zero-order valence-electron chi connectivity index (χ0n) is 14.7. The molecule has 21 heavy (non-hydrogen) atoms. The van der Waals surface area contributed by atoms with Crippen LogP contribution in [0.4, 0.5) is 0 Å². The molecule has 0 saturated carbocycles. The van der Waals surface area contributed by atoms with Crippen molar-refractivity contribution < 1.29 is 0 Å². The third kappa shape index (κ3) is 11.5. The Morgan fingerprint density at radius 2 is 1.48 bits per heavy atom. The molecule has 1 nitrogen and oxygen atoms in total. The van der Waals surface area contributed by atoms with E-state index in [1.807, 2.05) is 6.21 Å². The zero-order chi connectivity index (χ0) is 15.8. The van der Waals surface area contributed by atoms with Crippen molar-refractivity contribution in [1.29, 1.82) is 0 Å². The molecule has 122 valence electrons. The molecule has 0 heterocycles. The standard InChI is InChI=1S/C20H37N/c1-5-9-11-13-16-19(17-14-12-10-6-2)20(15-7-3)21-18-8-4/h8,15,18-19H,4-7,9-14,16-17H2,1-3H3/b20-15-,21-18-. The molecular weight excluding hydrogens is 254 g/mol. The van der Waals surface area contributed by atoms with Gasteiger partial charge in [0, 0.05) is 17.8 Å². The minimum Gasteiger partial charge on any atom is -0.261 e. The monoisotopic (exact) mass is 291 g/mol. The van der Waals surface area contributed by atoms with Crippen LogP contribution in [0, 0.1) is 5.92 Å². The lowest BCUT2D eigenvalue weighted by Gasteiger charge is -2.18. The second kappa shape index (κ2) is 15.5. The van der Waals surface area contributed by atoms with Crippen LogP contribution >= 0.6 is 0 Å². The summed E-state index contributed by atoms with van der Waals surface area (Å²) in [6.07, 6.45) is 20.4. The Morgan fingerprint density at radius 1 is 0.905 bits per heavy atom. The average Bonchev–Trinajstić information content (AvgIpc) is 2.50. The number of rotatable bonds is 14. The van der Waals surface area contributed by atoms with Gasteiger partial charge in [0.15, 0.2) is 0 Å². The zero-order valence-corrected chi connectivity index (χ0v) is 14.7. The maximum atomic E-state index is 4.65. The first kappa shape index (κ1) is 20.1. The van der Waals surface area contributed by atoms with Crippen LogP contribution in [-0.4, -0.2) is 6.21 Å². The van der Waals surface area contributed by atoms with E-state index in [9.17, 15) is 0 Å². The van der Waals surface area contributed by atoms with Crippen molar-refractivity contribution in [2.45, 2.75) is 91.4 Å². The van der Waals surface area contributed by atoms with Gasteiger partial charge in [-0.05, 0) is 19.3 Å². The van der Waals surface area contributed by atoms with Crippen LogP contribution in [0.3, 0.4) is 0 Å². The summed E-state index contributed by atoms with van der Waals surface area (Å²) >= 11 is 0. The van der Waals surface area contributed by atoms with Gasteiger partial charge in [0.05, 0.1) is 0 Å². The molecule has 0 aliphatic carbocycles. The van der Waals surface area contributed by atoms with Crippen molar-refractivity contribution in [3.63, 3.8) is 0 Å². The van der Waals surface area contributed by atoms with Crippen LogP contribution < -0.4 is 0 Å².